The Balaban J connectivity index is 1.46. The Morgan fingerprint density at radius 2 is 2.04 bits per heavy atom. The molecule has 2 heterocycles. The normalized spacial score (nSPS) is 16.5. The van der Waals surface area contributed by atoms with Crippen molar-refractivity contribution in [1.29, 1.82) is 0 Å². The average molecular weight is 356 g/mol. The highest BCUT2D eigenvalue weighted by molar-refractivity contribution is 7.99. The summed E-state index contributed by atoms with van der Waals surface area (Å²) in [5.41, 5.74) is 1.74. The number of carbonyl (C=O) groups is 1. The number of benzene rings is 1. The van der Waals surface area contributed by atoms with Crippen LogP contribution in [0.4, 0.5) is 0 Å². The number of hydrogen-bond acceptors (Lipinski definition) is 4. The second-order valence-electron chi connectivity index (χ2n) is 5.55. The maximum Gasteiger partial charge on any atom is 0.281 e. The lowest BCUT2D eigenvalue weighted by atomic mass is 10.2. The van der Waals surface area contributed by atoms with Gasteiger partial charge in [0.25, 0.3) is 5.91 Å². The minimum absolute atomic E-state index is 0.299. The number of methoxy groups -OCH3 is 1. The Kier molecular flexibility index (Phi) is 5.90. The quantitative estimate of drug-likeness (QED) is 0.854. The summed E-state index contributed by atoms with van der Waals surface area (Å²) in [6.07, 6.45) is 3.15. The van der Waals surface area contributed by atoms with Crippen LogP contribution in [0.1, 0.15) is 15.9 Å². The van der Waals surface area contributed by atoms with Crippen LogP contribution >= 0.6 is 11.8 Å². The summed E-state index contributed by atoms with van der Waals surface area (Å²) < 4.78 is 5.17. The number of ether oxygens (including phenoxy) is 1. The van der Waals surface area contributed by atoms with Gasteiger partial charge >= 0.3 is 0 Å². The number of aliphatic imine (C=N–C) groups is 1. The number of aromatic nitrogens is 1. The van der Waals surface area contributed by atoms with E-state index in [2.05, 4.69) is 32.7 Å². The van der Waals surface area contributed by atoms with Crippen molar-refractivity contribution in [2.24, 2.45) is 4.99 Å². The first-order valence-electron chi connectivity index (χ1n) is 8.00. The molecule has 3 rings (SSSR count). The summed E-state index contributed by atoms with van der Waals surface area (Å²) >= 11 is 1.87. The van der Waals surface area contributed by atoms with Gasteiger partial charge in [-0.3, -0.25) is 9.78 Å². The Labute approximate surface area is 151 Å². The lowest BCUT2D eigenvalue weighted by Crippen LogP contribution is -2.51. The van der Waals surface area contributed by atoms with Crippen LogP contribution in [0.3, 0.4) is 0 Å². The third kappa shape index (κ3) is 4.96. The molecule has 1 aromatic heterocycles. The predicted octanol–water partition coefficient (Wildman–Crippen LogP) is 2.08. The molecule has 2 aromatic rings. The maximum atomic E-state index is 12.0. The van der Waals surface area contributed by atoms with E-state index in [0.717, 1.165) is 24.6 Å². The average Bonchev–Trinajstić information content (AvgIpc) is 2.68. The van der Waals surface area contributed by atoms with E-state index in [9.17, 15) is 4.79 Å². The molecule has 1 amide bonds. The number of thioether (sulfide) groups is 1. The van der Waals surface area contributed by atoms with E-state index in [0.29, 0.717) is 16.8 Å². The second-order valence-corrected chi connectivity index (χ2v) is 6.84. The van der Waals surface area contributed by atoms with Crippen molar-refractivity contribution >= 4 is 23.6 Å². The highest BCUT2D eigenvalue weighted by Gasteiger charge is 2.17. The van der Waals surface area contributed by atoms with Gasteiger partial charge in [0.2, 0.25) is 0 Å². The molecule has 130 valence electrons. The molecule has 1 fully saturated rings. The number of nitrogens with zero attached hydrogens (tertiary/aromatic N) is 2. The number of pyridine rings is 1. The fourth-order valence-corrected chi connectivity index (χ4v) is 3.37. The first-order chi connectivity index (χ1) is 12.2. The molecule has 0 atom stereocenters. The van der Waals surface area contributed by atoms with Gasteiger partial charge in [0.1, 0.15) is 5.75 Å². The van der Waals surface area contributed by atoms with Crippen LogP contribution in [0.15, 0.2) is 53.8 Å². The predicted molar refractivity (Wildman–Crippen MR) is 100 cm³/mol. The molecule has 0 spiro atoms. The molecule has 0 aliphatic carbocycles. The van der Waals surface area contributed by atoms with E-state index in [-0.39, 0.29) is 5.91 Å². The fraction of sp³-hybridized carbons (Fsp3) is 0.278. The molecule has 6 nitrogen and oxygen atoms in total. The molecule has 7 heteroatoms. The Hall–Kier alpha value is -2.54. The second kappa shape index (κ2) is 8.53. The van der Waals surface area contributed by atoms with Gasteiger partial charge < -0.3 is 15.4 Å². The number of rotatable bonds is 5. The van der Waals surface area contributed by atoms with E-state index < -0.39 is 0 Å². The van der Waals surface area contributed by atoms with Crippen molar-refractivity contribution in [1.82, 2.24) is 15.6 Å². The minimum Gasteiger partial charge on any atom is -0.497 e. The molecular formula is C18H20N4O2S. The van der Waals surface area contributed by atoms with Crippen molar-refractivity contribution in [2.75, 3.05) is 20.2 Å². The van der Waals surface area contributed by atoms with E-state index in [1.165, 1.54) is 11.8 Å². The van der Waals surface area contributed by atoms with Crippen LogP contribution in [-0.4, -0.2) is 42.3 Å². The number of amides is 1. The third-order valence-electron chi connectivity index (χ3n) is 3.76. The number of guanidine groups is 1. The third-order valence-corrected chi connectivity index (χ3v) is 5.07. The zero-order valence-electron chi connectivity index (χ0n) is 13.9. The molecule has 2 N–H and O–H groups in total. The first-order valence-corrected chi connectivity index (χ1v) is 9.05. The van der Waals surface area contributed by atoms with Crippen LogP contribution in [-0.2, 0) is 5.75 Å². The van der Waals surface area contributed by atoms with Gasteiger partial charge in [-0.05, 0) is 29.8 Å². The van der Waals surface area contributed by atoms with Crippen molar-refractivity contribution in [3.8, 4) is 5.75 Å². The van der Waals surface area contributed by atoms with Crippen molar-refractivity contribution in [3.63, 3.8) is 0 Å². The lowest BCUT2D eigenvalue weighted by molar-refractivity contribution is 0.100. The summed E-state index contributed by atoms with van der Waals surface area (Å²) in [5.74, 6) is 2.02. The van der Waals surface area contributed by atoms with Crippen LogP contribution in [0.25, 0.3) is 0 Å². The van der Waals surface area contributed by atoms with Gasteiger partial charge in [-0.1, -0.05) is 12.1 Å². The molecule has 0 unspecified atom stereocenters. The molecule has 25 heavy (non-hydrogen) atoms. The van der Waals surface area contributed by atoms with Gasteiger partial charge in [0.15, 0.2) is 5.96 Å². The van der Waals surface area contributed by atoms with E-state index in [4.69, 9.17) is 4.74 Å². The Morgan fingerprint density at radius 1 is 1.28 bits per heavy atom. The van der Waals surface area contributed by atoms with Gasteiger partial charge in [0, 0.05) is 36.5 Å². The van der Waals surface area contributed by atoms with Gasteiger partial charge in [0.05, 0.1) is 12.7 Å². The molecule has 1 aliphatic heterocycles. The van der Waals surface area contributed by atoms with Crippen molar-refractivity contribution < 1.29 is 9.53 Å². The van der Waals surface area contributed by atoms with E-state index >= 15 is 0 Å². The van der Waals surface area contributed by atoms with Crippen LogP contribution in [0.2, 0.25) is 0 Å². The van der Waals surface area contributed by atoms with Crippen LogP contribution in [0.5, 0.6) is 5.75 Å². The topological polar surface area (TPSA) is 75.6 Å². The molecule has 1 saturated heterocycles. The minimum atomic E-state index is -0.299. The lowest BCUT2D eigenvalue weighted by Gasteiger charge is -2.25. The molecule has 0 radical (unpaired) electrons. The van der Waals surface area contributed by atoms with Gasteiger partial charge in [-0.25, -0.2) is 0 Å². The molecule has 0 saturated carbocycles. The number of hydrogen-bond donors (Lipinski definition) is 2. The smallest absolute Gasteiger partial charge is 0.281 e. The molecular weight excluding hydrogens is 336 g/mol. The van der Waals surface area contributed by atoms with E-state index in [1.807, 2.05) is 23.9 Å². The largest absolute Gasteiger partial charge is 0.497 e. The summed E-state index contributed by atoms with van der Waals surface area (Å²) in [4.78, 5) is 20.0. The summed E-state index contributed by atoms with van der Waals surface area (Å²) in [5, 5.41) is 6.77. The Morgan fingerprint density at radius 3 is 2.68 bits per heavy atom. The molecule has 1 aliphatic rings. The van der Waals surface area contributed by atoms with E-state index in [1.54, 1.807) is 25.4 Å². The van der Waals surface area contributed by atoms with Crippen LogP contribution in [0, 0.1) is 0 Å². The fourth-order valence-electron chi connectivity index (χ4n) is 2.34. The highest BCUT2D eigenvalue weighted by atomic mass is 32.2. The standard InChI is InChI=1S/C18H20N4O2S/c1-24-15-6-4-13(5-7-15)12-25-16-10-20-18(21-11-16)22-17(23)14-3-2-8-19-9-14/h2-9,16H,10-12H2,1H3,(H2,20,21,22,23). The number of nitrogens with one attached hydrogen (secondary N) is 2. The maximum absolute atomic E-state index is 12.0. The first kappa shape index (κ1) is 17.3. The van der Waals surface area contributed by atoms with Crippen LogP contribution < -0.4 is 15.4 Å². The molecule has 0 bridgehead atoms. The summed E-state index contributed by atoms with van der Waals surface area (Å²) in [6.45, 7) is 1.54. The van der Waals surface area contributed by atoms with Gasteiger partial charge in [-0.2, -0.15) is 16.8 Å². The van der Waals surface area contributed by atoms with Crippen molar-refractivity contribution in [3.05, 3.63) is 59.9 Å². The number of carbonyl (C=O) groups excluding carboxylic acids is 1. The Bertz CT molecular complexity index is 725. The zero-order chi connectivity index (χ0) is 17.5. The zero-order valence-corrected chi connectivity index (χ0v) is 14.8. The summed E-state index contributed by atoms with van der Waals surface area (Å²) in [7, 11) is 1.67. The summed E-state index contributed by atoms with van der Waals surface area (Å²) in [6, 6.07) is 11.5. The van der Waals surface area contributed by atoms with Gasteiger partial charge in [-0.15, -0.1) is 0 Å². The molecule has 1 aromatic carbocycles. The highest BCUT2D eigenvalue weighted by Crippen LogP contribution is 2.20. The monoisotopic (exact) mass is 356 g/mol. The van der Waals surface area contributed by atoms with Crippen molar-refractivity contribution in [2.45, 2.75) is 11.0 Å². The SMILES string of the molecule is COc1ccc(CSC2CNC(=NC(=O)c3cccnc3)NC2)cc1.